The minimum absolute atomic E-state index is 0.0162. The van der Waals surface area contributed by atoms with Crippen LogP contribution < -0.4 is 10.6 Å². The average Bonchev–Trinajstić information content (AvgIpc) is 2.35. The average molecular weight is 285 g/mol. The van der Waals surface area contributed by atoms with Crippen LogP contribution in [0.3, 0.4) is 0 Å². The van der Waals surface area contributed by atoms with Gasteiger partial charge in [-0.25, -0.2) is 0 Å². The summed E-state index contributed by atoms with van der Waals surface area (Å²) < 4.78 is 0. The third-order valence-electron chi connectivity index (χ3n) is 2.83. The lowest BCUT2D eigenvalue weighted by Gasteiger charge is -2.22. The molecule has 5 heteroatoms. The molecule has 0 saturated carbocycles. The number of rotatable bonds is 3. The molecule has 0 bridgehead atoms. The van der Waals surface area contributed by atoms with E-state index >= 15 is 0 Å². The SMILES string of the molecule is Cc1ccc(Cl)c(NC(=O)CC2CSCCN2)c1. The van der Waals surface area contributed by atoms with Crippen molar-refractivity contribution < 1.29 is 4.79 Å². The highest BCUT2D eigenvalue weighted by molar-refractivity contribution is 7.99. The third-order valence-corrected chi connectivity index (χ3v) is 4.29. The summed E-state index contributed by atoms with van der Waals surface area (Å²) in [7, 11) is 0. The molecule has 0 spiro atoms. The van der Waals surface area contributed by atoms with E-state index in [4.69, 9.17) is 11.6 Å². The molecule has 3 nitrogen and oxygen atoms in total. The fraction of sp³-hybridized carbons (Fsp3) is 0.462. The maximum atomic E-state index is 11.9. The predicted octanol–water partition coefficient (Wildman–Crippen LogP) is 2.68. The minimum Gasteiger partial charge on any atom is -0.325 e. The molecule has 1 aromatic carbocycles. The molecule has 1 heterocycles. The van der Waals surface area contributed by atoms with Crippen molar-refractivity contribution in [3.63, 3.8) is 0 Å². The predicted molar refractivity (Wildman–Crippen MR) is 78.6 cm³/mol. The van der Waals surface area contributed by atoms with Gasteiger partial charge in [-0.1, -0.05) is 17.7 Å². The van der Waals surface area contributed by atoms with E-state index in [1.54, 1.807) is 6.07 Å². The normalized spacial score (nSPS) is 19.6. The number of aryl methyl sites for hydroxylation is 1. The van der Waals surface area contributed by atoms with Crippen molar-refractivity contribution in [2.24, 2.45) is 0 Å². The fourth-order valence-corrected chi connectivity index (χ4v) is 3.02. The molecule has 2 rings (SSSR count). The largest absolute Gasteiger partial charge is 0.325 e. The number of halogens is 1. The summed E-state index contributed by atoms with van der Waals surface area (Å²) in [5.41, 5.74) is 1.78. The zero-order chi connectivity index (χ0) is 13.0. The zero-order valence-corrected chi connectivity index (χ0v) is 11.9. The van der Waals surface area contributed by atoms with Crippen LogP contribution in [-0.2, 0) is 4.79 Å². The summed E-state index contributed by atoms with van der Waals surface area (Å²) in [4.78, 5) is 11.9. The topological polar surface area (TPSA) is 41.1 Å². The van der Waals surface area contributed by atoms with E-state index in [0.717, 1.165) is 23.6 Å². The van der Waals surface area contributed by atoms with Crippen molar-refractivity contribution >= 4 is 35.0 Å². The summed E-state index contributed by atoms with van der Waals surface area (Å²) in [6.45, 7) is 2.96. The number of thioether (sulfide) groups is 1. The second kappa shape index (κ2) is 6.45. The highest BCUT2D eigenvalue weighted by Gasteiger charge is 2.17. The van der Waals surface area contributed by atoms with Crippen LogP contribution in [0.1, 0.15) is 12.0 Å². The number of amides is 1. The monoisotopic (exact) mass is 284 g/mol. The lowest BCUT2D eigenvalue weighted by atomic mass is 10.2. The Morgan fingerprint density at radius 3 is 3.17 bits per heavy atom. The first-order valence-corrected chi connectivity index (χ1v) is 7.55. The highest BCUT2D eigenvalue weighted by Crippen LogP contribution is 2.23. The number of hydrogen-bond acceptors (Lipinski definition) is 3. The maximum absolute atomic E-state index is 11.9. The second-order valence-electron chi connectivity index (χ2n) is 4.46. The van der Waals surface area contributed by atoms with Crippen LogP contribution >= 0.6 is 23.4 Å². The van der Waals surface area contributed by atoms with Crippen LogP contribution in [0.15, 0.2) is 18.2 Å². The Morgan fingerprint density at radius 1 is 1.61 bits per heavy atom. The van der Waals surface area contributed by atoms with E-state index in [9.17, 15) is 4.79 Å². The van der Waals surface area contributed by atoms with Crippen molar-refractivity contribution in [2.75, 3.05) is 23.4 Å². The van der Waals surface area contributed by atoms with Crippen LogP contribution in [0, 0.1) is 6.92 Å². The van der Waals surface area contributed by atoms with Gasteiger partial charge in [0.25, 0.3) is 0 Å². The van der Waals surface area contributed by atoms with E-state index in [2.05, 4.69) is 10.6 Å². The Morgan fingerprint density at radius 2 is 2.44 bits per heavy atom. The molecule has 1 aromatic rings. The third kappa shape index (κ3) is 3.90. The molecule has 0 aromatic heterocycles. The van der Waals surface area contributed by atoms with Crippen molar-refractivity contribution in [2.45, 2.75) is 19.4 Å². The van der Waals surface area contributed by atoms with Gasteiger partial charge in [0.05, 0.1) is 10.7 Å². The Labute approximate surface area is 117 Å². The molecule has 2 N–H and O–H groups in total. The Kier molecular flexibility index (Phi) is 4.92. The number of hydrogen-bond donors (Lipinski definition) is 2. The second-order valence-corrected chi connectivity index (χ2v) is 6.02. The van der Waals surface area contributed by atoms with Crippen molar-refractivity contribution in [1.29, 1.82) is 0 Å². The Balaban J connectivity index is 1.92. The smallest absolute Gasteiger partial charge is 0.226 e. The van der Waals surface area contributed by atoms with Gasteiger partial charge in [0.15, 0.2) is 0 Å². The van der Waals surface area contributed by atoms with E-state index in [1.807, 2.05) is 30.8 Å². The van der Waals surface area contributed by atoms with Gasteiger partial charge in [-0.3, -0.25) is 4.79 Å². The molecule has 98 valence electrons. The molecule has 18 heavy (non-hydrogen) atoms. The fourth-order valence-electron chi connectivity index (χ4n) is 1.91. The van der Waals surface area contributed by atoms with E-state index in [-0.39, 0.29) is 11.9 Å². The highest BCUT2D eigenvalue weighted by atomic mass is 35.5. The van der Waals surface area contributed by atoms with E-state index in [1.165, 1.54) is 0 Å². The number of carbonyl (C=O) groups excluding carboxylic acids is 1. The molecule has 0 radical (unpaired) electrons. The van der Waals surface area contributed by atoms with E-state index < -0.39 is 0 Å². The maximum Gasteiger partial charge on any atom is 0.226 e. The standard InChI is InChI=1S/C13H17ClN2OS/c1-9-2-3-11(14)12(6-9)16-13(17)7-10-8-18-5-4-15-10/h2-3,6,10,15H,4-5,7-8H2,1H3,(H,16,17). The summed E-state index contributed by atoms with van der Waals surface area (Å²) in [5.74, 6) is 2.14. The molecular weight excluding hydrogens is 268 g/mol. The van der Waals surface area contributed by atoms with Gasteiger partial charge in [0.1, 0.15) is 0 Å². The summed E-state index contributed by atoms with van der Waals surface area (Å²) in [5, 5.41) is 6.81. The first kappa shape index (κ1) is 13.7. The molecule has 1 aliphatic heterocycles. The van der Waals surface area contributed by atoms with Gasteiger partial charge in [-0.2, -0.15) is 11.8 Å². The van der Waals surface area contributed by atoms with E-state index in [0.29, 0.717) is 17.1 Å². The van der Waals surface area contributed by atoms with Gasteiger partial charge in [0.2, 0.25) is 5.91 Å². The van der Waals surface area contributed by atoms with Crippen molar-refractivity contribution in [3.8, 4) is 0 Å². The molecule has 1 amide bonds. The lowest BCUT2D eigenvalue weighted by molar-refractivity contribution is -0.116. The quantitative estimate of drug-likeness (QED) is 0.897. The molecule has 1 fully saturated rings. The van der Waals surface area contributed by atoms with Crippen molar-refractivity contribution in [3.05, 3.63) is 28.8 Å². The lowest BCUT2D eigenvalue weighted by Crippen LogP contribution is -2.39. The summed E-state index contributed by atoms with van der Waals surface area (Å²) >= 11 is 7.94. The van der Waals surface area contributed by atoms with Crippen LogP contribution in [0.5, 0.6) is 0 Å². The zero-order valence-electron chi connectivity index (χ0n) is 10.3. The minimum atomic E-state index is 0.0162. The number of carbonyl (C=O) groups is 1. The first-order chi connectivity index (χ1) is 8.65. The Hall–Kier alpha value is -0.710. The summed E-state index contributed by atoms with van der Waals surface area (Å²) in [6.07, 6.45) is 0.497. The van der Waals surface area contributed by atoms with Crippen molar-refractivity contribution in [1.82, 2.24) is 5.32 Å². The van der Waals surface area contributed by atoms with Crippen LogP contribution in [0.4, 0.5) is 5.69 Å². The van der Waals surface area contributed by atoms with Crippen LogP contribution in [0.2, 0.25) is 5.02 Å². The number of anilines is 1. The molecule has 1 saturated heterocycles. The molecule has 1 atom stereocenters. The van der Waals surface area contributed by atoms with Crippen LogP contribution in [0.25, 0.3) is 0 Å². The molecule has 1 unspecified atom stereocenters. The van der Waals surface area contributed by atoms with Gasteiger partial charge < -0.3 is 10.6 Å². The van der Waals surface area contributed by atoms with Gasteiger partial charge in [-0.15, -0.1) is 0 Å². The van der Waals surface area contributed by atoms with Crippen LogP contribution in [-0.4, -0.2) is 30.0 Å². The molecule has 0 aliphatic carbocycles. The molecular formula is C13H17ClN2OS. The van der Waals surface area contributed by atoms with Gasteiger partial charge in [-0.05, 0) is 24.6 Å². The number of nitrogens with one attached hydrogen (secondary N) is 2. The molecule has 1 aliphatic rings. The first-order valence-electron chi connectivity index (χ1n) is 6.02. The Bertz CT molecular complexity index is 433. The van der Waals surface area contributed by atoms with Gasteiger partial charge >= 0.3 is 0 Å². The van der Waals surface area contributed by atoms with Gasteiger partial charge in [0, 0.05) is 30.5 Å². The summed E-state index contributed by atoms with van der Waals surface area (Å²) in [6, 6.07) is 5.90. The number of benzene rings is 1.